The Morgan fingerprint density at radius 1 is 1.38 bits per heavy atom. The molecule has 1 aromatic rings. The summed E-state index contributed by atoms with van der Waals surface area (Å²) in [6.45, 7) is 0.810. The predicted octanol–water partition coefficient (Wildman–Crippen LogP) is 3.52. The Kier molecular flexibility index (Phi) is 6.19. The van der Waals surface area contributed by atoms with Crippen LogP contribution in [0.4, 0.5) is 26.3 Å². The number of nitrogens with one attached hydrogen (secondary N) is 1. The lowest BCUT2D eigenvalue weighted by molar-refractivity contribution is -0.190. The number of amides is 1. The number of hydrogen-bond donors (Lipinski definition) is 1. The number of pyridine rings is 1. The third-order valence-corrected chi connectivity index (χ3v) is 5.65. The average molecular weight is 398 g/mol. The van der Waals surface area contributed by atoms with Crippen LogP contribution < -0.4 is 10.1 Å². The maximum absolute atomic E-state index is 12.7. The third kappa shape index (κ3) is 5.61. The van der Waals surface area contributed by atoms with Crippen molar-refractivity contribution in [2.24, 2.45) is 5.92 Å². The number of carbonyl (C=O) groups excluding carboxylic acids is 1. The van der Waals surface area contributed by atoms with Gasteiger partial charge in [0.2, 0.25) is 11.8 Å². The van der Waals surface area contributed by atoms with E-state index < -0.39 is 35.8 Å². The van der Waals surface area contributed by atoms with Crippen LogP contribution in [0.1, 0.15) is 18.9 Å². The third-order valence-electron chi connectivity index (χ3n) is 3.93. The van der Waals surface area contributed by atoms with Crippen LogP contribution in [0.25, 0.3) is 0 Å². The molecule has 2 radical (unpaired) electrons. The molecular formula is C15H16F6N2O2Si. The number of ether oxygens (including phenoxy) is 1. The van der Waals surface area contributed by atoms with Crippen LogP contribution >= 0.6 is 0 Å². The van der Waals surface area contributed by atoms with Gasteiger partial charge in [-0.1, -0.05) is 0 Å². The maximum Gasteiger partial charge on any atom is 0.425 e. The number of rotatable bonds is 5. The summed E-state index contributed by atoms with van der Waals surface area (Å²) in [5, 5.41) is 2.52. The van der Waals surface area contributed by atoms with Gasteiger partial charge in [0.05, 0.1) is 15.4 Å². The minimum Gasteiger partial charge on any atom is -0.465 e. The molecule has 2 rings (SSSR count). The highest BCUT2D eigenvalue weighted by molar-refractivity contribution is 6.45. The van der Waals surface area contributed by atoms with Crippen molar-refractivity contribution in [3.05, 3.63) is 23.9 Å². The summed E-state index contributed by atoms with van der Waals surface area (Å²) >= 11 is 0. The second kappa shape index (κ2) is 7.85. The van der Waals surface area contributed by atoms with Crippen molar-refractivity contribution in [2.75, 3.05) is 0 Å². The van der Waals surface area contributed by atoms with Gasteiger partial charge in [-0.2, -0.15) is 26.3 Å². The lowest BCUT2D eigenvalue weighted by atomic mass is 10.1. The van der Waals surface area contributed by atoms with Gasteiger partial charge in [-0.15, -0.1) is 0 Å². The van der Waals surface area contributed by atoms with Crippen molar-refractivity contribution < 1.29 is 35.9 Å². The smallest absolute Gasteiger partial charge is 0.425 e. The number of nitrogens with zero attached hydrogens (tertiary/aromatic N) is 1. The fourth-order valence-electron chi connectivity index (χ4n) is 2.37. The zero-order chi connectivity index (χ0) is 19.5. The van der Waals surface area contributed by atoms with E-state index >= 15 is 0 Å². The van der Waals surface area contributed by atoms with Crippen molar-refractivity contribution in [1.82, 2.24) is 10.3 Å². The van der Waals surface area contributed by atoms with E-state index in [0.29, 0.717) is 5.56 Å². The van der Waals surface area contributed by atoms with Crippen molar-refractivity contribution in [1.29, 1.82) is 0 Å². The largest absolute Gasteiger partial charge is 0.465 e. The van der Waals surface area contributed by atoms with E-state index in [0.717, 1.165) is 6.92 Å². The van der Waals surface area contributed by atoms with Crippen LogP contribution in [0, 0.1) is 5.92 Å². The Balaban J connectivity index is 1.88. The first-order chi connectivity index (χ1) is 12.0. The average Bonchev–Trinajstić information content (AvgIpc) is 3.02. The van der Waals surface area contributed by atoms with Crippen molar-refractivity contribution in [3.8, 4) is 5.88 Å². The minimum atomic E-state index is -4.54. The second-order valence-electron chi connectivity index (χ2n) is 5.96. The molecule has 0 bridgehead atoms. The van der Waals surface area contributed by atoms with Crippen molar-refractivity contribution >= 4 is 15.4 Å². The van der Waals surface area contributed by atoms with Gasteiger partial charge in [0.25, 0.3) is 0 Å². The van der Waals surface area contributed by atoms with E-state index in [4.69, 9.17) is 4.74 Å². The van der Waals surface area contributed by atoms with E-state index in [1.807, 2.05) is 0 Å². The fourth-order valence-corrected chi connectivity index (χ4v) is 4.08. The molecule has 2 heterocycles. The lowest BCUT2D eigenvalue weighted by Crippen LogP contribution is -2.31. The van der Waals surface area contributed by atoms with Crippen LogP contribution in [-0.4, -0.2) is 38.9 Å². The Bertz CT molecular complexity index is 637. The molecule has 0 spiro atoms. The van der Waals surface area contributed by atoms with E-state index in [-0.39, 0.29) is 34.4 Å². The molecule has 1 aromatic heterocycles. The maximum atomic E-state index is 12.7. The molecule has 0 saturated carbocycles. The van der Waals surface area contributed by atoms with Gasteiger partial charge in [0.1, 0.15) is 0 Å². The second-order valence-corrected chi connectivity index (χ2v) is 7.47. The molecule has 4 nitrogen and oxygen atoms in total. The predicted molar refractivity (Wildman–Crippen MR) is 80.7 cm³/mol. The summed E-state index contributed by atoms with van der Waals surface area (Å²) in [7, 11) is -0.105. The minimum absolute atomic E-state index is 0.0320. The van der Waals surface area contributed by atoms with Crippen LogP contribution in [0.15, 0.2) is 18.3 Å². The van der Waals surface area contributed by atoms with Crippen LogP contribution in [0.5, 0.6) is 5.88 Å². The molecule has 3 atom stereocenters. The van der Waals surface area contributed by atoms with Crippen molar-refractivity contribution in [2.45, 2.75) is 49.9 Å². The molecule has 0 aliphatic carbocycles. The number of halogens is 6. The highest BCUT2D eigenvalue weighted by Gasteiger charge is 2.46. The fraction of sp³-hybridized carbons (Fsp3) is 0.600. The SMILES string of the molecule is C[C@@H](Oc1cc(CNC(=O)[C@@H]2C[C@H](C(F)(F)F)C[Si]2)ccn1)C(F)(F)F. The quantitative estimate of drug-likeness (QED) is 0.610. The van der Waals surface area contributed by atoms with Crippen LogP contribution in [-0.2, 0) is 11.3 Å². The zero-order valence-electron chi connectivity index (χ0n) is 13.6. The zero-order valence-corrected chi connectivity index (χ0v) is 14.6. The summed E-state index contributed by atoms with van der Waals surface area (Å²) < 4.78 is 80.1. The van der Waals surface area contributed by atoms with Crippen LogP contribution in [0.2, 0.25) is 11.6 Å². The first-order valence-corrected chi connectivity index (χ1v) is 9.01. The van der Waals surface area contributed by atoms with Gasteiger partial charge < -0.3 is 10.1 Å². The Labute approximate surface area is 148 Å². The van der Waals surface area contributed by atoms with Gasteiger partial charge in [-0.05, 0) is 31.0 Å². The molecule has 1 saturated heterocycles. The first-order valence-electron chi connectivity index (χ1n) is 7.73. The van der Waals surface area contributed by atoms with Gasteiger partial charge in [0.15, 0.2) is 6.10 Å². The van der Waals surface area contributed by atoms with E-state index in [1.165, 1.54) is 18.3 Å². The molecule has 0 unspecified atom stereocenters. The molecule has 1 amide bonds. The van der Waals surface area contributed by atoms with E-state index in [1.54, 1.807) is 0 Å². The topological polar surface area (TPSA) is 51.2 Å². The van der Waals surface area contributed by atoms with Gasteiger partial charge in [-0.25, -0.2) is 4.98 Å². The normalized spacial score (nSPS) is 22.1. The Hall–Kier alpha value is -1.78. The molecule has 1 N–H and O–H groups in total. The monoisotopic (exact) mass is 398 g/mol. The van der Waals surface area contributed by atoms with Gasteiger partial charge >= 0.3 is 12.4 Å². The summed E-state index contributed by atoms with van der Waals surface area (Å²) in [5.74, 6) is -2.19. The molecular weight excluding hydrogens is 382 g/mol. The highest BCUT2D eigenvalue weighted by Crippen LogP contribution is 2.41. The van der Waals surface area contributed by atoms with Crippen LogP contribution in [0.3, 0.4) is 0 Å². The first kappa shape index (κ1) is 20.5. The molecule has 11 heteroatoms. The summed E-state index contributed by atoms with van der Waals surface area (Å²) in [4.78, 5) is 15.7. The Morgan fingerprint density at radius 3 is 2.65 bits per heavy atom. The molecule has 1 aliphatic heterocycles. The molecule has 0 aromatic carbocycles. The number of carbonyl (C=O) groups is 1. The summed E-state index contributed by atoms with van der Waals surface area (Å²) in [6, 6.07) is 2.67. The number of aromatic nitrogens is 1. The number of alkyl halides is 6. The number of hydrogen-bond acceptors (Lipinski definition) is 3. The highest BCUT2D eigenvalue weighted by atomic mass is 28.2. The standard InChI is InChI=1S/C15H16F6N2O2Si/c1-8(14(16,17)18)25-12-4-9(2-3-22-12)6-23-13(24)11-5-10(7-26-11)15(19,20)21/h2-4,8,10-11H,5-7H2,1H3,(H,23,24)/t8-,10+,11+/m1/s1. The molecule has 1 fully saturated rings. The van der Waals surface area contributed by atoms with E-state index in [9.17, 15) is 31.1 Å². The Morgan fingerprint density at radius 2 is 2.08 bits per heavy atom. The molecule has 26 heavy (non-hydrogen) atoms. The molecule has 144 valence electrons. The van der Waals surface area contributed by atoms with E-state index in [2.05, 4.69) is 10.3 Å². The summed E-state index contributed by atoms with van der Waals surface area (Å²) in [6.07, 6.45) is -9.88. The van der Waals surface area contributed by atoms with Crippen molar-refractivity contribution in [3.63, 3.8) is 0 Å². The summed E-state index contributed by atoms with van der Waals surface area (Å²) in [5.41, 5.74) is -0.254. The lowest BCUT2D eigenvalue weighted by Gasteiger charge is -2.17. The molecule has 1 aliphatic rings. The van der Waals surface area contributed by atoms with Gasteiger partial charge in [0, 0.05) is 24.3 Å². The van der Waals surface area contributed by atoms with Gasteiger partial charge in [-0.3, -0.25) is 4.79 Å².